The molecule has 2 amide bonds. The molecule has 2 fully saturated rings. The van der Waals surface area contributed by atoms with Gasteiger partial charge in [0.05, 0.1) is 23.7 Å². The smallest absolute Gasteiger partial charge is 0.257 e. The molecule has 0 unspecified atom stereocenters. The molecule has 1 aromatic heterocycles. The maximum Gasteiger partial charge on any atom is 0.257 e. The lowest BCUT2D eigenvalue weighted by atomic mass is 10.0. The number of sulfonamides is 1. The second-order valence-electron chi connectivity index (χ2n) is 11.6. The number of ether oxygens (including phenoxy) is 1. The summed E-state index contributed by atoms with van der Waals surface area (Å²) in [6.07, 6.45) is 2.42. The van der Waals surface area contributed by atoms with Crippen molar-refractivity contribution < 1.29 is 22.7 Å². The number of carbonyl (C=O) groups excluding carboxylic acids is 2. The molecule has 2 aromatic carbocycles. The number of piperidine rings is 1. The molecule has 0 saturated carbocycles. The molecule has 3 aliphatic heterocycles. The van der Waals surface area contributed by atoms with Gasteiger partial charge in [-0.2, -0.15) is 4.31 Å². The third-order valence-corrected chi connectivity index (χ3v) is 11.7. The van der Waals surface area contributed by atoms with Crippen molar-refractivity contribution in [1.29, 1.82) is 0 Å². The second-order valence-corrected chi connectivity index (χ2v) is 14.7. The number of carbonyl (C=O) groups is 2. The first-order valence-corrected chi connectivity index (χ1v) is 17.2. The molecule has 228 valence electrons. The van der Waals surface area contributed by atoms with Crippen molar-refractivity contribution in [3.05, 3.63) is 81.7 Å². The fraction of sp³-hybridized carbons (Fsp3) is 0.438. The standard InChI is InChI=1S/C32H38N4O5S2/c1-23-11-15-36(16-12-23)43(39,40)26-9-7-25(8-10-26)30(37)33-31-29(32(38)35-17-19-41-20-18-35)27-13-14-34(22-28(27)42-31)21-24-5-3-2-4-6-24/h2-10,23H,11-22H2,1H3,(H,33,37). The van der Waals surface area contributed by atoms with Crippen LogP contribution < -0.4 is 5.32 Å². The Morgan fingerprint density at radius 3 is 2.35 bits per heavy atom. The van der Waals surface area contributed by atoms with Crippen molar-refractivity contribution in [3.63, 3.8) is 0 Å². The molecule has 11 heteroatoms. The highest BCUT2D eigenvalue weighted by atomic mass is 32.2. The van der Waals surface area contributed by atoms with Crippen LogP contribution >= 0.6 is 11.3 Å². The Balaban J connectivity index is 1.22. The van der Waals surface area contributed by atoms with Crippen molar-refractivity contribution in [3.8, 4) is 0 Å². The maximum atomic E-state index is 13.8. The van der Waals surface area contributed by atoms with Gasteiger partial charge >= 0.3 is 0 Å². The van der Waals surface area contributed by atoms with E-state index in [0.717, 1.165) is 42.8 Å². The number of hydrogen-bond acceptors (Lipinski definition) is 7. The summed E-state index contributed by atoms with van der Waals surface area (Å²) in [6.45, 7) is 7.53. The van der Waals surface area contributed by atoms with E-state index in [0.29, 0.717) is 68.0 Å². The summed E-state index contributed by atoms with van der Waals surface area (Å²) < 4.78 is 33.3. The minimum absolute atomic E-state index is 0.0788. The molecule has 2 saturated heterocycles. The number of nitrogens with zero attached hydrogens (tertiary/aromatic N) is 3. The van der Waals surface area contributed by atoms with Gasteiger partial charge in [-0.3, -0.25) is 14.5 Å². The van der Waals surface area contributed by atoms with Crippen LogP contribution in [0.5, 0.6) is 0 Å². The summed E-state index contributed by atoms with van der Waals surface area (Å²) in [7, 11) is -3.61. The number of anilines is 1. The molecule has 6 rings (SSSR count). The fourth-order valence-corrected chi connectivity index (χ4v) is 8.75. The number of thiophene rings is 1. The molecular weight excluding hydrogens is 585 g/mol. The van der Waals surface area contributed by atoms with Gasteiger partial charge in [-0.05, 0) is 60.6 Å². The van der Waals surface area contributed by atoms with Crippen LogP contribution in [0.1, 0.15) is 56.5 Å². The van der Waals surface area contributed by atoms with Gasteiger partial charge in [0, 0.05) is 56.3 Å². The highest BCUT2D eigenvalue weighted by Crippen LogP contribution is 2.39. The predicted molar refractivity (Wildman–Crippen MR) is 167 cm³/mol. The highest BCUT2D eigenvalue weighted by molar-refractivity contribution is 7.89. The number of rotatable bonds is 7. The SMILES string of the molecule is CC1CCN(S(=O)(=O)c2ccc(C(=O)Nc3sc4c(c3C(=O)N3CCOCC3)CCN(Cc3ccccc3)C4)cc2)CC1. The number of amides is 2. The van der Waals surface area contributed by atoms with Gasteiger partial charge in [-0.25, -0.2) is 8.42 Å². The molecule has 3 aromatic rings. The van der Waals surface area contributed by atoms with Gasteiger partial charge in [-0.15, -0.1) is 11.3 Å². The molecular formula is C32H38N4O5S2. The summed E-state index contributed by atoms with van der Waals surface area (Å²) in [5.74, 6) is 0.0730. The summed E-state index contributed by atoms with van der Waals surface area (Å²) in [4.78, 5) is 32.7. The lowest BCUT2D eigenvalue weighted by molar-refractivity contribution is 0.0302. The van der Waals surface area contributed by atoms with Crippen LogP contribution in [0.3, 0.4) is 0 Å². The average molecular weight is 623 g/mol. The third kappa shape index (κ3) is 6.56. The molecule has 43 heavy (non-hydrogen) atoms. The van der Waals surface area contributed by atoms with Crippen LogP contribution in [0, 0.1) is 5.92 Å². The van der Waals surface area contributed by atoms with Gasteiger partial charge in [0.1, 0.15) is 5.00 Å². The van der Waals surface area contributed by atoms with Crippen LogP contribution in [-0.2, 0) is 34.3 Å². The van der Waals surface area contributed by atoms with Gasteiger partial charge in [-0.1, -0.05) is 37.3 Å². The van der Waals surface area contributed by atoms with E-state index >= 15 is 0 Å². The fourth-order valence-electron chi connectivity index (χ4n) is 6.00. The summed E-state index contributed by atoms with van der Waals surface area (Å²) in [5, 5.41) is 3.57. The van der Waals surface area contributed by atoms with E-state index in [1.165, 1.54) is 33.3 Å². The van der Waals surface area contributed by atoms with Crippen molar-refractivity contribution in [2.45, 2.75) is 44.2 Å². The zero-order valence-electron chi connectivity index (χ0n) is 24.5. The van der Waals surface area contributed by atoms with Crippen LogP contribution in [0.4, 0.5) is 5.00 Å². The maximum absolute atomic E-state index is 13.8. The summed E-state index contributed by atoms with van der Waals surface area (Å²) >= 11 is 1.46. The highest BCUT2D eigenvalue weighted by Gasteiger charge is 2.32. The number of fused-ring (bicyclic) bond motifs is 1. The average Bonchev–Trinajstić information content (AvgIpc) is 3.38. The van der Waals surface area contributed by atoms with Crippen LogP contribution in [0.2, 0.25) is 0 Å². The molecule has 0 aliphatic carbocycles. The predicted octanol–water partition coefficient (Wildman–Crippen LogP) is 4.45. The van der Waals surface area contributed by atoms with Crippen molar-refractivity contribution in [2.24, 2.45) is 5.92 Å². The van der Waals surface area contributed by atoms with E-state index in [2.05, 4.69) is 29.3 Å². The Morgan fingerprint density at radius 1 is 0.953 bits per heavy atom. The zero-order chi connectivity index (χ0) is 30.0. The van der Waals surface area contributed by atoms with E-state index in [1.807, 2.05) is 18.2 Å². The second kappa shape index (κ2) is 12.9. The zero-order valence-corrected chi connectivity index (χ0v) is 26.1. The molecule has 0 bridgehead atoms. The van der Waals surface area contributed by atoms with Crippen LogP contribution in [0.25, 0.3) is 0 Å². The van der Waals surface area contributed by atoms with Crippen LogP contribution in [-0.4, -0.2) is 80.3 Å². The third-order valence-electron chi connectivity index (χ3n) is 8.62. The molecule has 0 spiro atoms. The Bertz CT molecular complexity index is 1560. The lowest BCUT2D eigenvalue weighted by Crippen LogP contribution is -2.41. The molecule has 4 heterocycles. The van der Waals surface area contributed by atoms with Gasteiger partial charge in [0.25, 0.3) is 11.8 Å². The molecule has 3 aliphatic rings. The van der Waals surface area contributed by atoms with Gasteiger partial charge in [0.15, 0.2) is 0 Å². The van der Waals surface area contributed by atoms with Crippen molar-refractivity contribution >= 4 is 38.2 Å². The Hall–Kier alpha value is -3.09. The minimum atomic E-state index is -3.61. The quantitative estimate of drug-likeness (QED) is 0.418. The van der Waals surface area contributed by atoms with Gasteiger partial charge in [0.2, 0.25) is 10.0 Å². The minimum Gasteiger partial charge on any atom is -0.378 e. The largest absolute Gasteiger partial charge is 0.378 e. The Labute approximate surface area is 257 Å². The Kier molecular flexibility index (Phi) is 8.97. The van der Waals surface area contributed by atoms with E-state index in [1.54, 1.807) is 17.0 Å². The normalized spacial score (nSPS) is 18.8. The number of nitrogens with one attached hydrogen (secondary N) is 1. The topological polar surface area (TPSA) is 99.3 Å². The van der Waals surface area contributed by atoms with Crippen LogP contribution in [0.15, 0.2) is 59.5 Å². The molecule has 0 atom stereocenters. The van der Waals surface area contributed by atoms with E-state index in [-0.39, 0.29) is 16.7 Å². The first-order chi connectivity index (χ1) is 20.8. The van der Waals surface area contributed by atoms with Crippen molar-refractivity contribution in [1.82, 2.24) is 14.1 Å². The van der Waals surface area contributed by atoms with Gasteiger partial charge < -0.3 is 15.0 Å². The summed E-state index contributed by atoms with van der Waals surface area (Å²) in [6, 6.07) is 16.4. The summed E-state index contributed by atoms with van der Waals surface area (Å²) in [5.41, 5.74) is 3.17. The molecule has 9 nitrogen and oxygen atoms in total. The lowest BCUT2D eigenvalue weighted by Gasteiger charge is -2.29. The number of benzene rings is 2. The van der Waals surface area contributed by atoms with E-state index < -0.39 is 10.0 Å². The number of hydrogen-bond donors (Lipinski definition) is 1. The first kappa shape index (κ1) is 30.0. The molecule has 0 radical (unpaired) electrons. The molecule has 1 N–H and O–H groups in total. The first-order valence-electron chi connectivity index (χ1n) is 15.0. The van der Waals surface area contributed by atoms with E-state index in [4.69, 9.17) is 4.74 Å². The van der Waals surface area contributed by atoms with E-state index in [9.17, 15) is 18.0 Å². The van der Waals surface area contributed by atoms with Crippen molar-refractivity contribution in [2.75, 3.05) is 51.3 Å². The number of morpholine rings is 1. The Morgan fingerprint density at radius 2 is 1.65 bits per heavy atom. The monoisotopic (exact) mass is 622 g/mol.